The number of likely N-dealkylation sites (tertiary alicyclic amines) is 1. The molecule has 38 heavy (non-hydrogen) atoms. The van der Waals surface area contributed by atoms with Gasteiger partial charge in [0.1, 0.15) is 12.7 Å². The van der Waals surface area contributed by atoms with Crippen LogP contribution in [-0.4, -0.2) is 81.9 Å². The lowest BCUT2D eigenvalue weighted by molar-refractivity contribution is -0.135. The number of piperazine rings is 1. The molecule has 1 aromatic carbocycles. The smallest absolute Gasteiger partial charge is 0.274 e. The number of carbonyl (C=O) groups excluding carboxylic acids is 2. The number of amides is 2. The predicted molar refractivity (Wildman–Crippen MR) is 142 cm³/mol. The summed E-state index contributed by atoms with van der Waals surface area (Å²) in [5.41, 5.74) is 10.3. The van der Waals surface area contributed by atoms with Crippen LogP contribution in [0.1, 0.15) is 58.9 Å². The fourth-order valence-corrected chi connectivity index (χ4v) is 7.20. The van der Waals surface area contributed by atoms with Gasteiger partial charge in [-0.1, -0.05) is 17.7 Å². The molecule has 3 heterocycles. The topological polar surface area (TPSA) is 87.7 Å². The van der Waals surface area contributed by atoms with E-state index in [1.165, 1.54) is 0 Å². The van der Waals surface area contributed by atoms with Crippen LogP contribution in [0.5, 0.6) is 0 Å². The second kappa shape index (κ2) is 8.68. The Bertz CT molecular complexity index is 1320. The number of nitrogens with two attached hydrogens (primary N) is 1. The van der Waals surface area contributed by atoms with Crippen molar-refractivity contribution in [3.05, 3.63) is 45.7 Å². The van der Waals surface area contributed by atoms with Crippen LogP contribution in [0.2, 0.25) is 5.02 Å². The number of aromatic nitrogens is 2. The van der Waals surface area contributed by atoms with Gasteiger partial charge in [-0.25, -0.2) is 4.39 Å². The monoisotopic (exact) mass is 540 g/mol. The lowest BCUT2D eigenvalue weighted by Gasteiger charge is -2.43. The van der Waals surface area contributed by atoms with Crippen LogP contribution < -0.4 is 10.6 Å². The zero-order valence-corrected chi connectivity index (χ0v) is 22.5. The molecule has 202 valence electrons. The van der Waals surface area contributed by atoms with Crippen molar-refractivity contribution in [2.75, 3.05) is 37.6 Å². The number of alkyl halides is 1. The van der Waals surface area contributed by atoms with E-state index in [1.54, 1.807) is 9.58 Å². The molecule has 3 aliphatic carbocycles. The summed E-state index contributed by atoms with van der Waals surface area (Å²) in [5, 5.41) is 5.47. The molecule has 2 aromatic rings. The second-order valence-electron chi connectivity index (χ2n) is 12.0. The first-order chi connectivity index (χ1) is 18.3. The number of carbonyl (C=O) groups is 2. The average Bonchev–Trinajstić information content (AvgIpc) is 3.78. The Morgan fingerprint density at radius 2 is 2.05 bits per heavy atom. The van der Waals surface area contributed by atoms with Gasteiger partial charge in [-0.05, 0) is 68.6 Å². The molecule has 10 heteroatoms. The first kappa shape index (κ1) is 24.4. The van der Waals surface area contributed by atoms with Crippen molar-refractivity contribution < 1.29 is 14.0 Å². The Kier molecular flexibility index (Phi) is 5.57. The molecule has 0 bridgehead atoms. The Labute approximate surface area is 226 Å². The van der Waals surface area contributed by atoms with E-state index in [2.05, 4.69) is 11.0 Å². The fourth-order valence-electron chi connectivity index (χ4n) is 7.03. The number of halogens is 2. The number of anilines is 1. The van der Waals surface area contributed by atoms with Crippen molar-refractivity contribution in [1.82, 2.24) is 19.6 Å². The summed E-state index contributed by atoms with van der Waals surface area (Å²) >= 11 is 6.38. The number of rotatable bonds is 4. The highest BCUT2D eigenvalue weighted by atomic mass is 35.5. The van der Waals surface area contributed by atoms with Gasteiger partial charge in [-0.15, -0.1) is 0 Å². The number of hydrogen-bond acceptors (Lipinski definition) is 5. The fraction of sp³-hybridized carbons (Fsp3) is 0.607. The van der Waals surface area contributed by atoms with Crippen LogP contribution in [0.3, 0.4) is 0 Å². The molecule has 2 saturated heterocycles. The molecule has 2 amide bonds. The van der Waals surface area contributed by atoms with E-state index in [0.29, 0.717) is 37.0 Å². The van der Waals surface area contributed by atoms with Gasteiger partial charge in [-0.3, -0.25) is 14.3 Å². The van der Waals surface area contributed by atoms with E-state index in [1.807, 2.05) is 24.0 Å². The van der Waals surface area contributed by atoms with Crippen molar-refractivity contribution in [3.63, 3.8) is 0 Å². The predicted octanol–water partition coefficient (Wildman–Crippen LogP) is 2.90. The van der Waals surface area contributed by atoms with Crippen molar-refractivity contribution in [2.45, 2.75) is 69.2 Å². The third-order valence-electron chi connectivity index (χ3n) is 9.57. The molecule has 1 spiro atoms. The quantitative estimate of drug-likeness (QED) is 0.644. The van der Waals surface area contributed by atoms with E-state index < -0.39 is 12.2 Å². The first-order valence-corrected chi connectivity index (χ1v) is 14.2. The minimum atomic E-state index is -1.22. The second-order valence-corrected chi connectivity index (χ2v) is 12.4. The number of piperidine rings is 1. The van der Waals surface area contributed by atoms with Gasteiger partial charge in [0.05, 0.1) is 12.1 Å². The maximum absolute atomic E-state index is 14.3. The molecule has 0 unspecified atom stereocenters. The van der Waals surface area contributed by atoms with Gasteiger partial charge in [0.2, 0.25) is 5.91 Å². The minimum Gasteiger partial charge on any atom is -0.367 e. The molecule has 2 N–H and O–H groups in total. The molecule has 4 fully saturated rings. The summed E-state index contributed by atoms with van der Waals surface area (Å²) in [7, 11) is 0. The van der Waals surface area contributed by atoms with Gasteiger partial charge >= 0.3 is 0 Å². The third kappa shape index (κ3) is 3.84. The molecule has 1 aromatic heterocycles. The van der Waals surface area contributed by atoms with Gasteiger partial charge in [0.15, 0.2) is 5.69 Å². The number of hydrogen-bond donors (Lipinski definition) is 1. The Balaban J connectivity index is 1.10. The number of nitrogens with zero attached hydrogens (tertiary/aromatic N) is 5. The van der Waals surface area contributed by atoms with Crippen LogP contribution in [0.25, 0.3) is 0 Å². The Morgan fingerprint density at radius 1 is 1.24 bits per heavy atom. The molecular formula is C28H34ClFN6O2. The average molecular weight is 541 g/mol. The minimum absolute atomic E-state index is 0.00750. The van der Waals surface area contributed by atoms with Gasteiger partial charge in [-0.2, -0.15) is 5.10 Å². The molecule has 4 atom stereocenters. The summed E-state index contributed by atoms with van der Waals surface area (Å²) in [6.45, 7) is 4.83. The molecular weight excluding hydrogens is 507 g/mol. The zero-order valence-electron chi connectivity index (χ0n) is 21.7. The summed E-state index contributed by atoms with van der Waals surface area (Å²) in [5.74, 6) is 0.723. The van der Waals surface area contributed by atoms with E-state index in [9.17, 15) is 14.0 Å². The Morgan fingerprint density at radius 3 is 2.82 bits per heavy atom. The highest BCUT2D eigenvalue weighted by Gasteiger charge is 2.54. The van der Waals surface area contributed by atoms with Crippen molar-refractivity contribution >= 4 is 29.1 Å². The van der Waals surface area contributed by atoms with Crippen molar-refractivity contribution in [2.24, 2.45) is 11.7 Å². The lowest BCUT2D eigenvalue weighted by atomic mass is 10.0. The summed E-state index contributed by atoms with van der Waals surface area (Å²) in [6.07, 6.45) is 3.13. The standard InChI is InChI=1S/C28H34ClFN6O2/c1-16-19(29)3-2-4-22(16)34-9-10-35(28(15-34)6-7-28)24(37)14-36-23-12-17-11-18(17)25(23)26(32-36)27(38)33-8-5-21(31)20(30)13-33/h2-4,17-18,20-21H,5-15,31H2,1H3/t17-,18-,20+,21+/m1/s1. The Hall–Kier alpha value is -2.65. The lowest BCUT2D eigenvalue weighted by Crippen LogP contribution is -2.58. The van der Waals surface area contributed by atoms with E-state index in [-0.39, 0.29) is 30.4 Å². The van der Waals surface area contributed by atoms with Crippen LogP contribution in [0.15, 0.2) is 18.2 Å². The summed E-state index contributed by atoms with van der Waals surface area (Å²) in [4.78, 5) is 33.1. The molecule has 2 aliphatic heterocycles. The van der Waals surface area contributed by atoms with E-state index in [0.717, 1.165) is 66.3 Å². The van der Waals surface area contributed by atoms with Crippen LogP contribution in [0, 0.1) is 12.8 Å². The van der Waals surface area contributed by atoms with E-state index in [4.69, 9.17) is 22.4 Å². The molecule has 0 radical (unpaired) electrons. The highest BCUT2D eigenvalue weighted by molar-refractivity contribution is 6.31. The first-order valence-electron chi connectivity index (χ1n) is 13.8. The maximum atomic E-state index is 14.3. The van der Waals surface area contributed by atoms with Crippen LogP contribution >= 0.6 is 11.6 Å². The van der Waals surface area contributed by atoms with Crippen LogP contribution in [0.4, 0.5) is 10.1 Å². The summed E-state index contributed by atoms with van der Waals surface area (Å²) in [6, 6.07) is 5.47. The molecule has 2 saturated carbocycles. The maximum Gasteiger partial charge on any atom is 0.274 e. The van der Waals surface area contributed by atoms with Gasteiger partial charge in [0, 0.05) is 54.2 Å². The molecule has 5 aliphatic rings. The third-order valence-corrected chi connectivity index (χ3v) is 9.98. The normalized spacial score (nSPS) is 28.9. The largest absolute Gasteiger partial charge is 0.367 e. The number of fused-ring (bicyclic) bond motifs is 3. The molecule has 7 rings (SSSR count). The SMILES string of the molecule is Cc1c(Cl)cccc1N1CCN(C(=O)Cn2nc(C(=O)N3CC[C@H](N)[C@@H](F)C3)c3c2C[C@H]2C[C@@H]32)C2(CC2)C1. The highest BCUT2D eigenvalue weighted by Crippen LogP contribution is 2.57. The number of benzene rings is 1. The molecule has 8 nitrogen and oxygen atoms in total. The summed E-state index contributed by atoms with van der Waals surface area (Å²) < 4.78 is 16.1. The van der Waals surface area contributed by atoms with Crippen molar-refractivity contribution in [3.8, 4) is 0 Å². The zero-order chi connectivity index (χ0) is 26.3. The van der Waals surface area contributed by atoms with Crippen LogP contribution in [-0.2, 0) is 17.8 Å². The van der Waals surface area contributed by atoms with Gasteiger partial charge < -0.3 is 20.4 Å². The van der Waals surface area contributed by atoms with Gasteiger partial charge in [0.25, 0.3) is 5.91 Å². The van der Waals surface area contributed by atoms with E-state index >= 15 is 0 Å². The van der Waals surface area contributed by atoms with Crippen molar-refractivity contribution in [1.29, 1.82) is 0 Å².